The van der Waals surface area contributed by atoms with Crippen LogP contribution in [0.4, 0.5) is 0 Å². The van der Waals surface area contributed by atoms with Gasteiger partial charge in [0.1, 0.15) is 0 Å². The molecule has 2 aromatic rings. The number of allylic oxidation sites excluding steroid dienone is 2. The Morgan fingerprint density at radius 1 is 1.07 bits per heavy atom. The number of halogens is 1. The minimum Gasteiger partial charge on any atom is -0.390 e. The highest BCUT2D eigenvalue weighted by atomic mass is 35.5. The molecule has 0 aromatic heterocycles. The fraction of sp³-hybridized carbons (Fsp3) is 0.486. The molecule has 0 radical (unpaired) electrons. The summed E-state index contributed by atoms with van der Waals surface area (Å²) < 4.78 is 0. The quantitative estimate of drug-likeness (QED) is 0.362. The largest absolute Gasteiger partial charge is 0.390 e. The lowest BCUT2D eigenvalue weighted by Crippen LogP contribution is -2.49. The molecule has 0 saturated carbocycles. The number of carbonyl (C=O) groups is 2. The molecule has 3 atom stereocenters. The van der Waals surface area contributed by atoms with Gasteiger partial charge < -0.3 is 15.3 Å². The first-order valence-corrected chi connectivity index (χ1v) is 15.2. The molecule has 220 valence electrons. The van der Waals surface area contributed by atoms with Gasteiger partial charge in [0, 0.05) is 17.1 Å². The maximum Gasteiger partial charge on any atom is 0.254 e. The molecule has 2 aromatic carbocycles. The van der Waals surface area contributed by atoms with E-state index in [2.05, 4.69) is 50.4 Å². The van der Waals surface area contributed by atoms with Crippen LogP contribution in [0.5, 0.6) is 0 Å². The number of aryl methyl sites for hydroxylation is 2. The highest BCUT2D eigenvalue weighted by Crippen LogP contribution is 2.39. The Hall–Kier alpha value is -2.89. The fourth-order valence-corrected chi connectivity index (χ4v) is 6.11. The number of nitrogens with one attached hydrogen (secondary N) is 1. The third kappa shape index (κ3) is 7.90. The van der Waals surface area contributed by atoms with Crippen LogP contribution in [0.15, 0.2) is 66.3 Å². The summed E-state index contributed by atoms with van der Waals surface area (Å²) in [6.07, 6.45) is 9.90. The van der Waals surface area contributed by atoms with E-state index in [0.29, 0.717) is 30.0 Å². The van der Waals surface area contributed by atoms with Crippen molar-refractivity contribution in [2.75, 3.05) is 6.54 Å². The molecule has 1 heterocycles. The van der Waals surface area contributed by atoms with Crippen LogP contribution in [0.3, 0.4) is 0 Å². The van der Waals surface area contributed by atoms with Crippen LogP contribution in [0, 0.1) is 18.3 Å². The predicted octanol–water partition coefficient (Wildman–Crippen LogP) is 7.36. The van der Waals surface area contributed by atoms with Gasteiger partial charge in [-0.1, -0.05) is 80.4 Å². The maximum atomic E-state index is 14.0. The lowest BCUT2D eigenvalue weighted by atomic mass is 9.80. The number of nitrogens with zero attached hydrogens (tertiary/aromatic N) is 1. The lowest BCUT2D eigenvalue weighted by Gasteiger charge is -2.42. The first-order valence-electron chi connectivity index (χ1n) is 14.8. The third-order valence-electron chi connectivity index (χ3n) is 8.37. The van der Waals surface area contributed by atoms with E-state index in [0.717, 1.165) is 36.0 Å². The Balaban J connectivity index is 1.63. The number of piperidine rings is 1. The molecule has 1 saturated heterocycles. The van der Waals surface area contributed by atoms with Gasteiger partial charge in [-0.05, 0) is 93.2 Å². The summed E-state index contributed by atoms with van der Waals surface area (Å²) in [5, 5.41) is 14.1. The number of hydrogen-bond donors (Lipinski definition) is 2. The molecular formula is C35H45ClN2O3. The van der Waals surface area contributed by atoms with Gasteiger partial charge in [-0.3, -0.25) is 9.59 Å². The fourth-order valence-electron chi connectivity index (χ4n) is 5.89. The number of rotatable bonds is 7. The van der Waals surface area contributed by atoms with Crippen LogP contribution in [-0.2, 0) is 11.2 Å². The van der Waals surface area contributed by atoms with E-state index in [9.17, 15) is 14.7 Å². The van der Waals surface area contributed by atoms with Crippen LogP contribution < -0.4 is 5.32 Å². The number of hydrogen-bond acceptors (Lipinski definition) is 3. The standard InChI is InChI=1S/C35H45ClN2O3/c1-23-21-27(36)16-17-29(23)33(40)38-20-8-11-30(32(39)37-28-10-7-9-26(22-28)34(2,3)4)31(38)25-14-12-24(13-15-25)18-19-35(5,6)41/h7,9-10,12-17,21,28,30-31,41H,8,11,18-20,22H2,1-6H3,(H,37,39)/t28?,30-,31-/m0/s1. The van der Waals surface area contributed by atoms with Crippen molar-refractivity contribution in [2.24, 2.45) is 11.3 Å². The van der Waals surface area contributed by atoms with Crippen molar-refractivity contribution in [3.63, 3.8) is 0 Å². The van der Waals surface area contributed by atoms with Gasteiger partial charge in [0.25, 0.3) is 5.91 Å². The zero-order valence-electron chi connectivity index (χ0n) is 25.3. The van der Waals surface area contributed by atoms with E-state index in [4.69, 9.17) is 11.6 Å². The van der Waals surface area contributed by atoms with E-state index >= 15 is 0 Å². The Bertz CT molecular complexity index is 1310. The molecule has 0 spiro atoms. The summed E-state index contributed by atoms with van der Waals surface area (Å²) >= 11 is 6.19. The summed E-state index contributed by atoms with van der Waals surface area (Å²) in [5.41, 5.74) is 4.11. The molecule has 0 bridgehead atoms. The van der Waals surface area contributed by atoms with E-state index in [1.807, 2.05) is 49.9 Å². The topological polar surface area (TPSA) is 69.6 Å². The van der Waals surface area contributed by atoms with Crippen LogP contribution in [0.2, 0.25) is 5.02 Å². The van der Waals surface area contributed by atoms with Gasteiger partial charge in [-0.15, -0.1) is 0 Å². The molecule has 2 N–H and O–H groups in total. The van der Waals surface area contributed by atoms with Gasteiger partial charge in [-0.2, -0.15) is 0 Å². The van der Waals surface area contributed by atoms with Crippen molar-refractivity contribution < 1.29 is 14.7 Å². The molecule has 1 aliphatic carbocycles. The van der Waals surface area contributed by atoms with Gasteiger partial charge in [0.05, 0.1) is 23.6 Å². The smallest absolute Gasteiger partial charge is 0.254 e. The van der Waals surface area contributed by atoms with Crippen molar-refractivity contribution >= 4 is 23.4 Å². The highest BCUT2D eigenvalue weighted by Gasteiger charge is 2.40. The summed E-state index contributed by atoms with van der Waals surface area (Å²) in [6.45, 7) is 12.7. The van der Waals surface area contributed by atoms with Gasteiger partial charge in [0.15, 0.2) is 0 Å². The second kappa shape index (κ2) is 12.5. The predicted molar refractivity (Wildman–Crippen MR) is 167 cm³/mol. The van der Waals surface area contributed by atoms with Gasteiger partial charge >= 0.3 is 0 Å². The summed E-state index contributed by atoms with van der Waals surface area (Å²) in [7, 11) is 0. The molecular weight excluding hydrogens is 532 g/mol. The summed E-state index contributed by atoms with van der Waals surface area (Å²) in [6, 6.07) is 13.1. The second-order valence-corrected chi connectivity index (χ2v) is 13.8. The Morgan fingerprint density at radius 2 is 1.78 bits per heavy atom. The Morgan fingerprint density at radius 3 is 2.41 bits per heavy atom. The SMILES string of the molecule is Cc1cc(Cl)ccc1C(=O)N1CCC[C@H](C(=O)NC2C=CC=C(C(C)(C)C)C2)[C@@H]1c1ccc(CCC(C)(C)O)cc1. The van der Waals surface area contributed by atoms with E-state index in [1.54, 1.807) is 12.1 Å². The molecule has 4 rings (SSSR count). The van der Waals surface area contributed by atoms with Crippen molar-refractivity contribution in [3.8, 4) is 0 Å². The monoisotopic (exact) mass is 576 g/mol. The number of aliphatic hydroxyl groups is 1. The average Bonchev–Trinajstić information content (AvgIpc) is 2.91. The third-order valence-corrected chi connectivity index (χ3v) is 8.60. The zero-order chi connectivity index (χ0) is 29.9. The minimum absolute atomic E-state index is 0.0174. The first kappa shape index (κ1) is 31.1. The van der Waals surface area contributed by atoms with Crippen LogP contribution >= 0.6 is 11.6 Å². The number of benzene rings is 2. The maximum absolute atomic E-state index is 14.0. The molecule has 1 fully saturated rings. The van der Waals surface area contributed by atoms with Gasteiger partial charge in [0.2, 0.25) is 5.91 Å². The molecule has 1 unspecified atom stereocenters. The van der Waals surface area contributed by atoms with Crippen molar-refractivity contribution in [1.29, 1.82) is 0 Å². The van der Waals surface area contributed by atoms with Crippen molar-refractivity contribution in [2.45, 2.75) is 91.3 Å². The van der Waals surface area contributed by atoms with E-state index < -0.39 is 5.60 Å². The van der Waals surface area contributed by atoms with Crippen LogP contribution in [-0.4, -0.2) is 40.0 Å². The normalized spacial score (nSPS) is 21.4. The average molecular weight is 577 g/mol. The van der Waals surface area contributed by atoms with Crippen LogP contribution in [0.1, 0.15) is 93.4 Å². The molecule has 5 nitrogen and oxygen atoms in total. The van der Waals surface area contributed by atoms with Gasteiger partial charge in [-0.25, -0.2) is 0 Å². The summed E-state index contributed by atoms with van der Waals surface area (Å²) in [4.78, 5) is 29.8. The summed E-state index contributed by atoms with van der Waals surface area (Å²) in [5.74, 6) is -0.473. The second-order valence-electron chi connectivity index (χ2n) is 13.4. The molecule has 1 aliphatic heterocycles. The molecule has 2 amide bonds. The minimum atomic E-state index is -0.736. The van der Waals surface area contributed by atoms with Crippen molar-refractivity contribution in [1.82, 2.24) is 10.2 Å². The zero-order valence-corrected chi connectivity index (χ0v) is 26.1. The van der Waals surface area contributed by atoms with E-state index in [1.165, 1.54) is 5.57 Å². The lowest BCUT2D eigenvalue weighted by molar-refractivity contribution is -0.128. The molecule has 2 aliphatic rings. The Kier molecular flexibility index (Phi) is 9.50. The number of amides is 2. The highest BCUT2D eigenvalue weighted by molar-refractivity contribution is 6.30. The van der Waals surface area contributed by atoms with Crippen LogP contribution in [0.25, 0.3) is 0 Å². The number of likely N-dealkylation sites (tertiary alicyclic amines) is 1. The Labute approximate surface area is 250 Å². The first-order chi connectivity index (χ1) is 19.2. The van der Waals surface area contributed by atoms with E-state index in [-0.39, 0.29) is 35.2 Å². The molecule has 6 heteroatoms. The van der Waals surface area contributed by atoms with Crippen molar-refractivity contribution in [3.05, 3.63) is 93.5 Å². The molecule has 41 heavy (non-hydrogen) atoms. The number of carbonyl (C=O) groups excluding carboxylic acids is 2.